The Labute approximate surface area is 115 Å². The second kappa shape index (κ2) is 7.29. The number of hydrogen-bond donors (Lipinski definition) is 2. The van der Waals surface area contributed by atoms with Crippen LogP contribution in [0.2, 0.25) is 0 Å². The number of nitrogens with one attached hydrogen (secondary N) is 2. The van der Waals surface area contributed by atoms with Crippen LogP contribution in [0.1, 0.15) is 31.7 Å². The van der Waals surface area contributed by atoms with Crippen molar-refractivity contribution in [1.82, 2.24) is 10.6 Å². The molecule has 0 aliphatic carbocycles. The van der Waals surface area contributed by atoms with E-state index in [4.69, 9.17) is 0 Å². The summed E-state index contributed by atoms with van der Waals surface area (Å²) in [5, 5.41) is 6.44. The maximum absolute atomic E-state index is 12.1. The Hall–Kier alpha value is -1.35. The van der Waals surface area contributed by atoms with Gasteiger partial charge in [0.2, 0.25) is 5.91 Å². The predicted octanol–water partition coefficient (Wildman–Crippen LogP) is 2.12. The van der Waals surface area contributed by atoms with Gasteiger partial charge in [0.1, 0.15) is 0 Å². The molecule has 19 heavy (non-hydrogen) atoms. The average molecular weight is 260 g/mol. The van der Waals surface area contributed by atoms with E-state index in [9.17, 15) is 4.79 Å². The first-order chi connectivity index (χ1) is 9.25. The van der Waals surface area contributed by atoms with Gasteiger partial charge >= 0.3 is 0 Å². The van der Waals surface area contributed by atoms with Gasteiger partial charge in [-0.15, -0.1) is 0 Å². The van der Waals surface area contributed by atoms with Gasteiger partial charge in [-0.2, -0.15) is 0 Å². The number of aryl methyl sites for hydroxylation is 1. The molecule has 3 nitrogen and oxygen atoms in total. The van der Waals surface area contributed by atoms with Gasteiger partial charge in [0.05, 0.1) is 0 Å². The van der Waals surface area contributed by atoms with Crippen LogP contribution in [-0.4, -0.2) is 25.0 Å². The highest BCUT2D eigenvalue weighted by Crippen LogP contribution is 2.12. The van der Waals surface area contributed by atoms with E-state index in [0.29, 0.717) is 0 Å². The molecule has 1 fully saturated rings. The van der Waals surface area contributed by atoms with Crippen molar-refractivity contribution in [3.63, 3.8) is 0 Å². The van der Waals surface area contributed by atoms with E-state index in [1.807, 2.05) is 6.07 Å². The fraction of sp³-hybridized carbons (Fsp3) is 0.562. The molecule has 0 saturated carbocycles. The van der Waals surface area contributed by atoms with Gasteiger partial charge in [-0.05, 0) is 51.3 Å². The molecule has 1 amide bonds. The molecule has 3 heteroatoms. The van der Waals surface area contributed by atoms with Crippen molar-refractivity contribution in [2.75, 3.05) is 13.1 Å². The van der Waals surface area contributed by atoms with Gasteiger partial charge in [0.25, 0.3) is 0 Å². The van der Waals surface area contributed by atoms with Crippen LogP contribution in [0.15, 0.2) is 30.3 Å². The summed E-state index contributed by atoms with van der Waals surface area (Å²) < 4.78 is 0. The zero-order chi connectivity index (χ0) is 13.5. The van der Waals surface area contributed by atoms with Crippen molar-refractivity contribution in [3.05, 3.63) is 35.9 Å². The zero-order valence-corrected chi connectivity index (χ0v) is 11.7. The largest absolute Gasteiger partial charge is 0.353 e. The summed E-state index contributed by atoms with van der Waals surface area (Å²) in [7, 11) is 0. The smallest absolute Gasteiger partial charge is 0.223 e. The van der Waals surface area contributed by atoms with Crippen LogP contribution in [0.4, 0.5) is 0 Å². The molecule has 0 spiro atoms. The van der Waals surface area contributed by atoms with E-state index in [2.05, 4.69) is 41.8 Å². The van der Waals surface area contributed by atoms with E-state index in [1.54, 1.807) is 0 Å². The van der Waals surface area contributed by atoms with E-state index in [-0.39, 0.29) is 17.9 Å². The molecule has 1 aromatic carbocycles. The number of benzene rings is 1. The lowest BCUT2D eigenvalue weighted by Crippen LogP contribution is -2.41. The number of amides is 1. The third kappa shape index (κ3) is 4.67. The maximum atomic E-state index is 12.1. The van der Waals surface area contributed by atoms with Crippen LogP contribution >= 0.6 is 0 Å². The van der Waals surface area contributed by atoms with Crippen molar-refractivity contribution in [2.24, 2.45) is 5.92 Å². The number of piperidine rings is 1. The molecular formula is C16H24N2O. The van der Waals surface area contributed by atoms with Crippen LogP contribution in [0.3, 0.4) is 0 Å². The summed E-state index contributed by atoms with van der Waals surface area (Å²) >= 11 is 0. The van der Waals surface area contributed by atoms with E-state index < -0.39 is 0 Å². The third-order valence-corrected chi connectivity index (χ3v) is 3.81. The zero-order valence-electron chi connectivity index (χ0n) is 11.7. The van der Waals surface area contributed by atoms with Gasteiger partial charge in [-0.25, -0.2) is 0 Å². The van der Waals surface area contributed by atoms with E-state index in [0.717, 1.165) is 38.8 Å². The van der Waals surface area contributed by atoms with Gasteiger partial charge in [-0.3, -0.25) is 4.79 Å². The fourth-order valence-corrected chi connectivity index (χ4v) is 2.54. The average Bonchev–Trinajstić information content (AvgIpc) is 2.47. The van der Waals surface area contributed by atoms with Gasteiger partial charge in [-0.1, -0.05) is 30.3 Å². The highest BCUT2D eigenvalue weighted by molar-refractivity contribution is 5.79. The second-order valence-electron chi connectivity index (χ2n) is 5.46. The maximum Gasteiger partial charge on any atom is 0.223 e. The molecule has 1 heterocycles. The molecule has 2 N–H and O–H groups in total. The quantitative estimate of drug-likeness (QED) is 0.851. The third-order valence-electron chi connectivity index (χ3n) is 3.81. The van der Waals surface area contributed by atoms with Gasteiger partial charge in [0.15, 0.2) is 0 Å². The Morgan fingerprint density at radius 1 is 1.32 bits per heavy atom. The predicted molar refractivity (Wildman–Crippen MR) is 78.0 cm³/mol. The molecule has 1 aromatic rings. The van der Waals surface area contributed by atoms with Gasteiger partial charge in [0, 0.05) is 12.0 Å². The van der Waals surface area contributed by atoms with Crippen LogP contribution in [0.5, 0.6) is 0 Å². The summed E-state index contributed by atoms with van der Waals surface area (Å²) in [4.78, 5) is 12.1. The molecule has 1 atom stereocenters. The number of rotatable bonds is 5. The standard InChI is InChI=1S/C16H24N2O/c1-13(7-8-14-5-3-2-4-6-14)18-16(19)15-9-11-17-12-10-15/h2-6,13,15,17H,7-12H2,1H3,(H,18,19). The SMILES string of the molecule is CC(CCc1ccccc1)NC(=O)C1CCNCC1. The number of carbonyl (C=O) groups excluding carboxylic acids is 1. The lowest BCUT2D eigenvalue weighted by molar-refractivity contribution is -0.126. The molecule has 1 unspecified atom stereocenters. The Kier molecular flexibility index (Phi) is 5.40. The van der Waals surface area contributed by atoms with Crippen molar-refractivity contribution in [3.8, 4) is 0 Å². The summed E-state index contributed by atoms with van der Waals surface area (Å²) in [6.07, 6.45) is 3.96. The van der Waals surface area contributed by atoms with Crippen molar-refractivity contribution < 1.29 is 4.79 Å². The lowest BCUT2D eigenvalue weighted by Gasteiger charge is -2.24. The van der Waals surface area contributed by atoms with Gasteiger partial charge < -0.3 is 10.6 Å². The Balaban J connectivity index is 1.71. The number of hydrogen-bond acceptors (Lipinski definition) is 2. The van der Waals surface area contributed by atoms with Crippen LogP contribution in [0.25, 0.3) is 0 Å². The summed E-state index contributed by atoms with van der Waals surface area (Å²) in [5.41, 5.74) is 1.34. The molecule has 0 aromatic heterocycles. The molecular weight excluding hydrogens is 236 g/mol. The highest BCUT2D eigenvalue weighted by atomic mass is 16.1. The second-order valence-corrected chi connectivity index (χ2v) is 5.46. The minimum Gasteiger partial charge on any atom is -0.353 e. The molecule has 0 bridgehead atoms. The highest BCUT2D eigenvalue weighted by Gasteiger charge is 2.21. The first-order valence-electron chi connectivity index (χ1n) is 7.30. The van der Waals surface area contributed by atoms with Crippen molar-refractivity contribution >= 4 is 5.91 Å². The van der Waals surface area contributed by atoms with Crippen LogP contribution in [0, 0.1) is 5.92 Å². The number of carbonyl (C=O) groups is 1. The van der Waals surface area contributed by atoms with E-state index >= 15 is 0 Å². The first kappa shape index (κ1) is 14.1. The molecule has 104 valence electrons. The molecule has 1 saturated heterocycles. The van der Waals surface area contributed by atoms with Crippen molar-refractivity contribution in [1.29, 1.82) is 0 Å². The Morgan fingerprint density at radius 3 is 2.68 bits per heavy atom. The normalized spacial score (nSPS) is 17.9. The topological polar surface area (TPSA) is 41.1 Å². The fourth-order valence-electron chi connectivity index (χ4n) is 2.54. The summed E-state index contributed by atoms with van der Waals surface area (Å²) in [6.45, 7) is 4.04. The molecule has 1 aliphatic rings. The summed E-state index contributed by atoms with van der Waals surface area (Å²) in [6, 6.07) is 10.7. The molecule has 0 radical (unpaired) electrons. The molecule has 1 aliphatic heterocycles. The van der Waals surface area contributed by atoms with E-state index in [1.165, 1.54) is 5.56 Å². The minimum absolute atomic E-state index is 0.209. The minimum atomic E-state index is 0.209. The van der Waals surface area contributed by atoms with Crippen LogP contribution < -0.4 is 10.6 Å². The van der Waals surface area contributed by atoms with Crippen molar-refractivity contribution in [2.45, 2.75) is 38.6 Å². The lowest BCUT2D eigenvalue weighted by atomic mass is 9.96. The summed E-state index contributed by atoms with van der Waals surface area (Å²) in [5.74, 6) is 0.447. The Bertz CT molecular complexity index is 385. The Morgan fingerprint density at radius 2 is 2.00 bits per heavy atom. The molecule has 2 rings (SSSR count). The van der Waals surface area contributed by atoms with Crippen LogP contribution in [-0.2, 0) is 11.2 Å². The first-order valence-corrected chi connectivity index (χ1v) is 7.30. The monoisotopic (exact) mass is 260 g/mol.